The van der Waals surface area contributed by atoms with E-state index in [0.717, 1.165) is 32.1 Å². The molecule has 21 heavy (non-hydrogen) atoms. The number of halogens is 1. The summed E-state index contributed by atoms with van der Waals surface area (Å²) in [6.45, 7) is 8.10. The first-order chi connectivity index (χ1) is 9.44. The Labute approximate surface area is 147 Å². The molecule has 0 amide bonds. The summed E-state index contributed by atoms with van der Waals surface area (Å²) < 4.78 is 10.3. The Bertz CT molecular complexity index is 274. The lowest BCUT2D eigenvalue weighted by atomic mass is 10.0. The van der Waals surface area contributed by atoms with Crippen molar-refractivity contribution in [3.05, 3.63) is 0 Å². The molecule has 0 spiro atoms. The minimum absolute atomic E-state index is 0. The lowest BCUT2D eigenvalue weighted by molar-refractivity contribution is 0.0698. The topological polar surface area (TPSA) is 58.1 Å². The highest BCUT2D eigenvalue weighted by Gasteiger charge is 2.20. The highest BCUT2D eigenvalue weighted by Crippen LogP contribution is 2.07. The molecule has 0 radical (unpaired) electrons. The molecule has 128 valence electrons. The summed E-state index contributed by atoms with van der Waals surface area (Å²) in [5.74, 6) is 0.830. The molecule has 0 aromatic rings. The van der Waals surface area contributed by atoms with Gasteiger partial charge in [0.1, 0.15) is 0 Å². The second kappa shape index (κ2) is 13.5. The fraction of sp³-hybridized carbons (Fsp3) is 0.929. The van der Waals surface area contributed by atoms with Gasteiger partial charge in [-0.1, -0.05) is 0 Å². The number of nitrogens with zero attached hydrogens (tertiary/aromatic N) is 2. The fourth-order valence-corrected chi connectivity index (χ4v) is 1.30. The van der Waals surface area contributed by atoms with E-state index in [1.54, 1.807) is 14.2 Å². The third-order valence-corrected chi connectivity index (χ3v) is 3.31. The minimum Gasteiger partial charge on any atom is -0.382 e. The zero-order valence-corrected chi connectivity index (χ0v) is 16.7. The van der Waals surface area contributed by atoms with Gasteiger partial charge in [0.05, 0.1) is 13.2 Å². The highest BCUT2D eigenvalue weighted by molar-refractivity contribution is 14.0. The van der Waals surface area contributed by atoms with E-state index in [9.17, 15) is 0 Å². The predicted octanol–water partition coefficient (Wildman–Crippen LogP) is 1.16. The van der Waals surface area contributed by atoms with Crippen LogP contribution >= 0.6 is 24.0 Å². The number of guanidine groups is 1. The standard InChI is InChI=1S/C14H32N4O2.HI/c1-14(2,18(4)5)12-17-13(15-3)16-8-7-9-20-11-10-19-6;/h7-12H2,1-6H3,(H2,15,16,17);1H. The quantitative estimate of drug-likeness (QED) is 0.242. The van der Waals surface area contributed by atoms with E-state index in [0.29, 0.717) is 13.2 Å². The van der Waals surface area contributed by atoms with Gasteiger partial charge in [-0.3, -0.25) is 4.99 Å². The van der Waals surface area contributed by atoms with Gasteiger partial charge in [-0.15, -0.1) is 24.0 Å². The van der Waals surface area contributed by atoms with Gasteiger partial charge in [0, 0.05) is 39.4 Å². The Morgan fingerprint density at radius 3 is 2.33 bits per heavy atom. The van der Waals surface area contributed by atoms with Crippen LogP contribution in [0.1, 0.15) is 20.3 Å². The van der Waals surface area contributed by atoms with Gasteiger partial charge >= 0.3 is 0 Å². The smallest absolute Gasteiger partial charge is 0.191 e. The zero-order chi connectivity index (χ0) is 15.4. The Balaban J connectivity index is 0. The molecule has 0 heterocycles. The molecular weight excluding hydrogens is 383 g/mol. The summed E-state index contributed by atoms with van der Waals surface area (Å²) in [6, 6.07) is 0. The molecule has 0 unspecified atom stereocenters. The largest absolute Gasteiger partial charge is 0.382 e. The number of likely N-dealkylation sites (N-methyl/N-ethyl adjacent to an activating group) is 1. The molecule has 2 N–H and O–H groups in total. The van der Waals surface area contributed by atoms with Crippen LogP contribution in [0.25, 0.3) is 0 Å². The van der Waals surface area contributed by atoms with Crippen molar-refractivity contribution in [2.45, 2.75) is 25.8 Å². The van der Waals surface area contributed by atoms with Crippen molar-refractivity contribution in [1.29, 1.82) is 0 Å². The molecule has 7 heteroatoms. The first kappa shape index (κ1) is 23.2. The van der Waals surface area contributed by atoms with Gasteiger partial charge in [-0.05, 0) is 34.4 Å². The molecule has 0 aromatic carbocycles. The maximum Gasteiger partial charge on any atom is 0.191 e. The van der Waals surface area contributed by atoms with Crippen molar-refractivity contribution in [1.82, 2.24) is 15.5 Å². The number of ether oxygens (including phenoxy) is 2. The van der Waals surface area contributed by atoms with E-state index in [2.05, 4.69) is 48.5 Å². The van der Waals surface area contributed by atoms with Gasteiger partial charge in [-0.2, -0.15) is 0 Å². The van der Waals surface area contributed by atoms with E-state index in [1.165, 1.54) is 0 Å². The van der Waals surface area contributed by atoms with Crippen molar-refractivity contribution in [2.24, 2.45) is 4.99 Å². The molecular formula is C14H33IN4O2. The van der Waals surface area contributed by atoms with Crippen LogP contribution in [0.4, 0.5) is 0 Å². The van der Waals surface area contributed by atoms with Crippen LogP contribution in [-0.4, -0.2) is 77.6 Å². The molecule has 0 bridgehead atoms. The molecule has 0 aliphatic rings. The van der Waals surface area contributed by atoms with Crippen LogP contribution in [0.15, 0.2) is 4.99 Å². The lowest BCUT2D eigenvalue weighted by Crippen LogP contribution is -2.51. The maximum atomic E-state index is 5.40. The molecule has 0 aromatic heterocycles. The van der Waals surface area contributed by atoms with Crippen LogP contribution < -0.4 is 10.6 Å². The van der Waals surface area contributed by atoms with Crippen LogP contribution in [0.3, 0.4) is 0 Å². The molecule has 0 saturated carbocycles. The second-order valence-electron chi connectivity index (χ2n) is 5.52. The summed E-state index contributed by atoms with van der Waals surface area (Å²) in [6.07, 6.45) is 0.946. The Hall–Kier alpha value is -0.120. The van der Waals surface area contributed by atoms with Gasteiger partial charge in [0.15, 0.2) is 5.96 Å². The van der Waals surface area contributed by atoms with E-state index in [4.69, 9.17) is 9.47 Å². The Morgan fingerprint density at radius 1 is 1.14 bits per heavy atom. The van der Waals surface area contributed by atoms with Crippen molar-refractivity contribution in [2.75, 3.05) is 61.2 Å². The van der Waals surface area contributed by atoms with E-state index in [1.807, 2.05) is 0 Å². The fourth-order valence-electron chi connectivity index (χ4n) is 1.30. The molecule has 0 aliphatic heterocycles. The van der Waals surface area contributed by atoms with Gasteiger partial charge < -0.3 is 25.0 Å². The molecule has 0 fully saturated rings. The number of aliphatic imine (C=N–C) groups is 1. The van der Waals surface area contributed by atoms with E-state index < -0.39 is 0 Å². The number of rotatable bonds is 10. The van der Waals surface area contributed by atoms with Crippen LogP contribution in [0.5, 0.6) is 0 Å². The summed E-state index contributed by atoms with van der Waals surface area (Å²) >= 11 is 0. The molecule has 0 saturated heterocycles. The van der Waals surface area contributed by atoms with Gasteiger partial charge in [0.2, 0.25) is 0 Å². The third kappa shape index (κ3) is 12.1. The average Bonchev–Trinajstić information content (AvgIpc) is 2.41. The second-order valence-corrected chi connectivity index (χ2v) is 5.52. The van der Waals surface area contributed by atoms with E-state index >= 15 is 0 Å². The highest BCUT2D eigenvalue weighted by atomic mass is 127. The normalized spacial score (nSPS) is 12.2. The Morgan fingerprint density at radius 2 is 1.81 bits per heavy atom. The monoisotopic (exact) mass is 416 g/mol. The summed E-state index contributed by atoms with van der Waals surface area (Å²) in [4.78, 5) is 6.40. The number of hydrogen-bond donors (Lipinski definition) is 2. The molecule has 0 rings (SSSR count). The van der Waals surface area contributed by atoms with Gasteiger partial charge in [-0.25, -0.2) is 0 Å². The molecule has 0 atom stereocenters. The Kier molecular flexibility index (Phi) is 14.9. The maximum absolute atomic E-state index is 5.40. The number of methoxy groups -OCH3 is 1. The van der Waals surface area contributed by atoms with Crippen molar-refractivity contribution < 1.29 is 9.47 Å². The molecule has 6 nitrogen and oxygen atoms in total. The van der Waals surface area contributed by atoms with E-state index in [-0.39, 0.29) is 29.5 Å². The van der Waals surface area contributed by atoms with Gasteiger partial charge in [0.25, 0.3) is 0 Å². The predicted molar refractivity (Wildman–Crippen MR) is 99.9 cm³/mol. The van der Waals surface area contributed by atoms with Crippen molar-refractivity contribution in [3.63, 3.8) is 0 Å². The summed E-state index contributed by atoms with van der Waals surface area (Å²) in [5.41, 5.74) is 0.0842. The summed E-state index contributed by atoms with van der Waals surface area (Å²) in [7, 11) is 7.62. The minimum atomic E-state index is 0. The zero-order valence-electron chi connectivity index (χ0n) is 14.4. The SMILES string of the molecule is CN=C(NCCCOCCOC)NCC(C)(C)N(C)C.I. The number of hydrogen-bond acceptors (Lipinski definition) is 4. The van der Waals surface area contributed by atoms with Crippen LogP contribution in [0.2, 0.25) is 0 Å². The lowest BCUT2D eigenvalue weighted by Gasteiger charge is -2.33. The third-order valence-electron chi connectivity index (χ3n) is 3.31. The van der Waals surface area contributed by atoms with Crippen LogP contribution in [-0.2, 0) is 9.47 Å². The average molecular weight is 416 g/mol. The van der Waals surface area contributed by atoms with Crippen LogP contribution in [0, 0.1) is 0 Å². The first-order valence-corrected chi connectivity index (χ1v) is 7.12. The van der Waals surface area contributed by atoms with Crippen molar-refractivity contribution >= 4 is 29.9 Å². The summed E-state index contributed by atoms with van der Waals surface area (Å²) in [5, 5.41) is 6.62. The number of nitrogens with one attached hydrogen (secondary N) is 2. The molecule has 0 aliphatic carbocycles. The first-order valence-electron chi connectivity index (χ1n) is 7.12. The van der Waals surface area contributed by atoms with Crippen molar-refractivity contribution in [3.8, 4) is 0 Å².